The third-order valence-electron chi connectivity index (χ3n) is 1.45. The van der Waals surface area contributed by atoms with Crippen LogP contribution in [0.4, 0.5) is 0 Å². The third-order valence-corrected chi connectivity index (χ3v) is 1.45. The van der Waals surface area contributed by atoms with Gasteiger partial charge in [-0.25, -0.2) is 4.79 Å². The van der Waals surface area contributed by atoms with E-state index < -0.39 is 11.9 Å². The molecule has 1 aliphatic heterocycles. The van der Waals surface area contributed by atoms with E-state index in [-0.39, 0.29) is 24.6 Å². The number of esters is 1. The van der Waals surface area contributed by atoms with Gasteiger partial charge in [-0.3, -0.25) is 0 Å². The molecule has 0 aromatic heterocycles. The van der Waals surface area contributed by atoms with Crippen LogP contribution in [0.2, 0.25) is 0 Å². The molecular weight excluding hydrogens is 202 g/mol. The van der Waals surface area contributed by atoms with E-state index in [4.69, 9.17) is 0 Å². The lowest BCUT2D eigenvalue weighted by atomic mass is 10.3. The second-order valence-electron chi connectivity index (χ2n) is 2.43. The average molecular weight is 212 g/mol. The van der Waals surface area contributed by atoms with Crippen LogP contribution in [0.15, 0.2) is 27.1 Å². The average Bonchev–Trinajstić information content (AvgIpc) is 2.66. The van der Waals surface area contributed by atoms with E-state index >= 15 is 0 Å². The third kappa shape index (κ3) is 2.52. The summed E-state index contributed by atoms with van der Waals surface area (Å²) >= 11 is 0. The number of carbonyl (C=O) groups excluding carboxylic acids is 1. The normalized spacial score (nSPS) is 17.3. The molecule has 0 aromatic carbocycles. The monoisotopic (exact) mass is 212 g/mol. The van der Waals surface area contributed by atoms with Crippen LogP contribution < -0.4 is 5.11 Å². The first-order valence-corrected chi connectivity index (χ1v) is 4.41. The van der Waals surface area contributed by atoms with Crippen LogP contribution in [0.5, 0.6) is 0 Å². The van der Waals surface area contributed by atoms with Crippen molar-refractivity contribution in [2.45, 2.75) is 13.8 Å². The Morgan fingerprint density at radius 2 is 2.00 bits per heavy atom. The Morgan fingerprint density at radius 1 is 1.33 bits per heavy atom. The fourth-order valence-electron chi connectivity index (χ4n) is 0.880. The fourth-order valence-corrected chi connectivity index (χ4v) is 0.880. The van der Waals surface area contributed by atoms with Gasteiger partial charge in [-0.2, -0.15) is 0 Å². The number of hydrogen-bond acceptors (Lipinski definition) is 7. The summed E-state index contributed by atoms with van der Waals surface area (Å²) < 4.78 is 9.33. The SMILES string of the molecule is CCOC(=O)C1=NN=NC1=C([O-])OCC. The summed E-state index contributed by atoms with van der Waals surface area (Å²) in [5, 5.41) is 21.3. The Labute approximate surface area is 86.1 Å². The highest BCUT2D eigenvalue weighted by Crippen LogP contribution is 2.14. The molecule has 15 heavy (non-hydrogen) atoms. The maximum absolute atomic E-state index is 11.3. The molecule has 82 valence electrons. The summed E-state index contributed by atoms with van der Waals surface area (Å²) in [6.45, 7) is 3.67. The summed E-state index contributed by atoms with van der Waals surface area (Å²) in [7, 11) is 0. The number of rotatable bonds is 4. The Hall–Kier alpha value is -1.92. The Kier molecular flexibility index (Phi) is 3.78. The van der Waals surface area contributed by atoms with Crippen molar-refractivity contribution in [1.82, 2.24) is 0 Å². The van der Waals surface area contributed by atoms with Crippen LogP contribution in [-0.4, -0.2) is 24.9 Å². The molecule has 0 saturated carbocycles. The minimum Gasteiger partial charge on any atom is -0.612 e. The molecule has 1 rings (SSSR count). The maximum atomic E-state index is 11.3. The molecule has 0 saturated heterocycles. The molecule has 0 unspecified atom stereocenters. The van der Waals surface area contributed by atoms with Crippen LogP contribution in [0.25, 0.3) is 0 Å². The minimum absolute atomic E-state index is 0.188. The van der Waals surface area contributed by atoms with Crippen molar-refractivity contribution in [3.05, 3.63) is 11.6 Å². The molecule has 0 fully saturated rings. The Balaban J connectivity index is 2.84. The molecule has 1 heterocycles. The molecule has 7 heteroatoms. The van der Waals surface area contributed by atoms with E-state index in [1.54, 1.807) is 13.8 Å². The summed E-state index contributed by atoms with van der Waals surface area (Å²) in [6, 6.07) is 0. The highest BCUT2D eigenvalue weighted by atomic mass is 16.6. The van der Waals surface area contributed by atoms with Crippen molar-refractivity contribution in [3.8, 4) is 0 Å². The lowest BCUT2D eigenvalue weighted by molar-refractivity contribution is -0.357. The number of nitrogens with zero attached hydrogens (tertiary/aromatic N) is 3. The van der Waals surface area contributed by atoms with Gasteiger partial charge < -0.3 is 14.6 Å². The van der Waals surface area contributed by atoms with Crippen molar-refractivity contribution >= 4 is 11.7 Å². The van der Waals surface area contributed by atoms with Crippen LogP contribution in [0.3, 0.4) is 0 Å². The highest BCUT2D eigenvalue weighted by Gasteiger charge is 2.23. The number of ether oxygens (including phenoxy) is 2. The predicted octanol–water partition coefficient (Wildman–Crippen LogP) is -0.0628. The van der Waals surface area contributed by atoms with Crippen molar-refractivity contribution < 1.29 is 19.4 Å². The Morgan fingerprint density at radius 3 is 2.60 bits per heavy atom. The molecule has 0 aliphatic carbocycles. The molecule has 0 atom stereocenters. The molecule has 0 bridgehead atoms. The van der Waals surface area contributed by atoms with Crippen molar-refractivity contribution in [3.63, 3.8) is 0 Å². The van der Waals surface area contributed by atoms with Gasteiger partial charge >= 0.3 is 5.97 Å². The fraction of sp³-hybridized carbons (Fsp3) is 0.500. The topological polar surface area (TPSA) is 95.7 Å². The van der Waals surface area contributed by atoms with Gasteiger partial charge in [0.1, 0.15) is 5.70 Å². The van der Waals surface area contributed by atoms with Crippen LogP contribution in [0.1, 0.15) is 13.8 Å². The zero-order chi connectivity index (χ0) is 11.3. The van der Waals surface area contributed by atoms with Gasteiger partial charge in [-0.15, -0.1) is 10.2 Å². The zero-order valence-electron chi connectivity index (χ0n) is 8.39. The van der Waals surface area contributed by atoms with Gasteiger partial charge in [-0.1, -0.05) is 6.92 Å². The van der Waals surface area contributed by atoms with Crippen molar-refractivity contribution in [1.29, 1.82) is 0 Å². The van der Waals surface area contributed by atoms with Gasteiger partial charge in [0, 0.05) is 0 Å². The molecule has 0 aromatic rings. The lowest BCUT2D eigenvalue weighted by Crippen LogP contribution is -2.22. The predicted molar refractivity (Wildman–Crippen MR) is 47.6 cm³/mol. The largest absolute Gasteiger partial charge is 0.612 e. The molecule has 0 radical (unpaired) electrons. The van der Waals surface area contributed by atoms with Gasteiger partial charge in [-0.05, 0) is 18.8 Å². The Bertz CT molecular complexity index is 346. The second kappa shape index (κ2) is 5.08. The van der Waals surface area contributed by atoms with Crippen molar-refractivity contribution in [2.24, 2.45) is 15.4 Å². The van der Waals surface area contributed by atoms with Gasteiger partial charge in [0.25, 0.3) is 0 Å². The van der Waals surface area contributed by atoms with Gasteiger partial charge in [0.15, 0.2) is 0 Å². The van der Waals surface area contributed by atoms with E-state index in [0.29, 0.717) is 0 Å². The maximum Gasteiger partial charge on any atom is 0.361 e. The minimum atomic E-state index is -0.731. The second-order valence-corrected chi connectivity index (χ2v) is 2.43. The quantitative estimate of drug-likeness (QED) is 0.481. The summed E-state index contributed by atoms with van der Waals surface area (Å²) in [6.07, 6.45) is 0. The molecular formula is C8H10N3O4-. The van der Waals surface area contributed by atoms with Crippen LogP contribution >= 0.6 is 0 Å². The number of carbonyl (C=O) groups is 1. The lowest BCUT2D eigenvalue weighted by Gasteiger charge is -2.13. The summed E-state index contributed by atoms with van der Waals surface area (Å²) in [5.74, 6) is -1.46. The number of hydrogen-bond donors (Lipinski definition) is 0. The molecule has 1 aliphatic rings. The standard InChI is InChI=1S/C8H11N3O4/c1-3-14-7(12)5-6(10-11-9-5)8(13)15-4-2/h12H,3-4H2,1-2H3/p-1. The smallest absolute Gasteiger partial charge is 0.361 e. The van der Waals surface area contributed by atoms with Gasteiger partial charge in [0.05, 0.1) is 12.6 Å². The summed E-state index contributed by atoms with van der Waals surface area (Å²) in [4.78, 5) is 11.3. The van der Waals surface area contributed by atoms with E-state index in [2.05, 4.69) is 24.9 Å². The molecule has 0 spiro atoms. The summed E-state index contributed by atoms with van der Waals surface area (Å²) in [5.41, 5.74) is -0.425. The van der Waals surface area contributed by atoms with Crippen LogP contribution in [0, 0.1) is 0 Å². The van der Waals surface area contributed by atoms with Gasteiger partial charge in [0.2, 0.25) is 5.71 Å². The molecule has 0 amide bonds. The van der Waals surface area contributed by atoms with E-state index in [9.17, 15) is 9.90 Å². The van der Waals surface area contributed by atoms with Crippen LogP contribution in [-0.2, 0) is 14.3 Å². The molecule has 0 N–H and O–H groups in total. The first kappa shape index (κ1) is 11.2. The first-order valence-electron chi connectivity index (χ1n) is 4.41. The molecule has 7 nitrogen and oxygen atoms in total. The highest BCUT2D eigenvalue weighted by molar-refractivity contribution is 6.43. The first-order chi connectivity index (χ1) is 7.20. The van der Waals surface area contributed by atoms with E-state index in [0.717, 1.165) is 0 Å². The van der Waals surface area contributed by atoms with E-state index in [1.165, 1.54) is 0 Å². The van der Waals surface area contributed by atoms with E-state index in [1.807, 2.05) is 0 Å². The van der Waals surface area contributed by atoms with Crippen molar-refractivity contribution in [2.75, 3.05) is 13.2 Å². The zero-order valence-corrected chi connectivity index (χ0v) is 8.39.